The molecule has 0 aliphatic carbocycles. The molecule has 1 aromatic heterocycles. The quantitative estimate of drug-likeness (QED) is 0.149. The smallest absolute Gasteiger partial charge is 0.328 e. The zero-order valence-corrected chi connectivity index (χ0v) is 27.1. The van der Waals surface area contributed by atoms with Crippen LogP contribution in [0.2, 0.25) is 0 Å². The monoisotopic (exact) mass is 643 g/mol. The van der Waals surface area contributed by atoms with Crippen molar-refractivity contribution in [2.24, 2.45) is 14.1 Å². The van der Waals surface area contributed by atoms with E-state index in [-0.39, 0.29) is 34.4 Å². The van der Waals surface area contributed by atoms with Crippen molar-refractivity contribution in [2.75, 3.05) is 38.8 Å². The third kappa shape index (κ3) is 8.03. The lowest BCUT2D eigenvalue weighted by Crippen LogP contribution is -2.19. The molecule has 0 radical (unpaired) electrons. The Morgan fingerprint density at radius 3 is 2.02 bits per heavy atom. The Morgan fingerprint density at radius 2 is 1.38 bits per heavy atom. The third-order valence-electron chi connectivity index (χ3n) is 7.16. The Morgan fingerprint density at radius 1 is 0.756 bits per heavy atom. The summed E-state index contributed by atoms with van der Waals surface area (Å²) in [4.78, 5) is 12.7. The number of hydrogen-bond acceptors (Lipinski definition) is 9. The molecule has 0 aliphatic rings. The van der Waals surface area contributed by atoms with E-state index in [0.717, 1.165) is 32.1 Å². The maximum Gasteiger partial charge on any atom is 0.328 e. The number of hydrogen-bond donors (Lipinski definition) is 2. The highest BCUT2D eigenvalue weighted by Crippen LogP contribution is 2.38. The van der Waals surface area contributed by atoms with Gasteiger partial charge in [-0.2, -0.15) is 0 Å². The summed E-state index contributed by atoms with van der Waals surface area (Å²) in [6.45, 7) is 3.13. The van der Waals surface area contributed by atoms with E-state index in [2.05, 4.69) is 4.72 Å². The maximum absolute atomic E-state index is 13.6. The van der Waals surface area contributed by atoms with Gasteiger partial charge in [0.05, 0.1) is 49.0 Å². The largest absolute Gasteiger partial charge is 0.493 e. The summed E-state index contributed by atoms with van der Waals surface area (Å²) in [5.74, 6) is 2.21. The number of aliphatic hydroxyl groups is 1. The van der Waals surface area contributed by atoms with E-state index in [1.54, 1.807) is 44.4 Å². The molecule has 13 heteroatoms. The number of methoxy groups -OCH3 is 2. The second-order valence-electron chi connectivity index (χ2n) is 10.4. The fraction of sp³-hybridized carbons (Fsp3) is 0.406. The molecule has 0 saturated heterocycles. The van der Waals surface area contributed by atoms with Gasteiger partial charge < -0.3 is 28.8 Å². The molecule has 3 aromatic carbocycles. The van der Waals surface area contributed by atoms with Crippen LogP contribution in [0.15, 0.2) is 58.2 Å². The summed E-state index contributed by atoms with van der Waals surface area (Å²) in [5, 5.41) is 9.00. The number of rotatable bonds is 17. The first kappa shape index (κ1) is 33.5. The van der Waals surface area contributed by atoms with E-state index >= 15 is 0 Å². The van der Waals surface area contributed by atoms with E-state index in [4.69, 9.17) is 28.8 Å². The Kier molecular flexibility index (Phi) is 11.2. The minimum absolute atomic E-state index is 0.0576. The zero-order valence-electron chi connectivity index (χ0n) is 26.3. The van der Waals surface area contributed by atoms with Gasteiger partial charge >= 0.3 is 5.69 Å². The molecular formula is C32H41N3O9S. The highest BCUT2D eigenvalue weighted by molar-refractivity contribution is 7.92. The molecular weight excluding hydrogens is 602 g/mol. The molecule has 0 bridgehead atoms. The second-order valence-corrected chi connectivity index (χ2v) is 12.1. The summed E-state index contributed by atoms with van der Waals surface area (Å²) in [7, 11) is 1.98. The van der Waals surface area contributed by atoms with Crippen LogP contribution in [0.4, 0.5) is 5.69 Å². The van der Waals surface area contributed by atoms with E-state index in [1.807, 2.05) is 6.92 Å². The molecule has 45 heavy (non-hydrogen) atoms. The number of nitrogens with one attached hydrogen (secondary N) is 1. The Bertz CT molecular complexity index is 1780. The number of aromatic nitrogens is 2. The van der Waals surface area contributed by atoms with Gasteiger partial charge in [-0.1, -0.05) is 13.3 Å². The highest BCUT2D eigenvalue weighted by Gasteiger charge is 2.22. The molecule has 0 atom stereocenters. The van der Waals surface area contributed by atoms with Crippen LogP contribution in [-0.4, -0.2) is 56.7 Å². The summed E-state index contributed by atoms with van der Waals surface area (Å²) in [6, 6.07) is 12.6. The predicted molar refractivity (Wildman–Crippen MR) is 172 cm³/mol. The Balaban J connectivity index is 1.73. The lowest BCUT2D eigenvalue weighted by molar-refractivity contribution is 0.271. The first-order chi connectivity index (χ1) is 21.6. The van der Waals surface area contributed by atoms with Gasteiger partial charge in [-0.05, 0) is 43.9 Å². The molecule has 0 fully saturated rings. The molecule has 0 amide bonds. The lowest BCUT2D eigenvalue weighted by atomic mass is 10.2. The van der Waals surface area contributed by atoms with Crippen LogP contribution < -0.4 is 34.1 Å². The van der Waals surface area contributed by atoms with E-state index in [9.17, 15) is 13.2 Å². The standard InChI is InChI=1S/C32H41N3O9S/c1-6-14-42-22-16-23(43-15-10-8-7-9-13-36)18-24(17-22)44-30-21-28-27(34(2)32(37)35(28)3)20-26(30)33-45(38,39)25-11-12-29(40-4)31(19-25)41-5/h11-12,16-21,33,36H,6-10,13-15H2,1-5H3. The normalized spacial score (nSPS) is 11.4. The number of imidazole rings is 1. The minimum Gasteiger partial charge on any atom is -0.493 e. The fourth-order valence-electron chi connectivity index (χ4n) is 4.75. The van der Waals surface area contributed by atoms with Crippen LogP contribution in [-0.2, 0) is 24.1 Å². The predicted octanol–water partition coefficient (Wildman–Crippen LogP) is 5.21. The minimum atomic E-state index is -4.15. The number of anilines is 1. The highest BCUT2D eigenvalue weighted by atomic mass is 32.2. The number of sulfonamides is 1. The van der Waals surface area contributed by atoms with Crippen molar-refractivity contribution in [3.8, 4) is 34.5 Å². The van der Waals surface area contributed by atoms with E-state index in [1.165, 1.54) is 41.6 Å². The first-order valence-corrected chi connectivity index (χ1v) is 16.2. The van der Waals surface area contributed by atoms with Gasteiger partial charge in [0.1, 0.15) is 17.2 Å². The molecule has 0 aliphatic heterocycles. The van der Waals surface area contributed by atoms with Crippen molar-refractivity contribution in [2.45, 2.75) is 43.9 Å². The SMILES string of the molecule is CCCOc1cc(OCCCCCCO)cc(Oc2cc3c(cc2NS(=O)(=O)c2ccc(OC)c(OC)c2)n(C)c(=O)n3C)c1. The lowest BCUT2D eigenvalue weighted by Gasteiger charge is -2.17. The van der Waals surface area contributed by atoms with Gasteiger partial charge in [0, 0.05) is 51.0 Å². The summed E-state index contributed by atoms with van der Waals surface area (Å²) in [6.07, 6.45) is 4.22. The van der Waals surface area contributed by atoms with Crippen LogP contribution in [0.1, 0.15) is 39.0 Å². The molecule has 2 N–H and O–H groups in total. The van der Waals surface area contributed by atoms with Gasteiger partial charge in [-0.3, -0.25) is 13.9 Å². The molecule has 12 nitrogen and oxygen atoms in total. The van der Waals surface area contributed by atoms with Gasteiger partial charge in [-0.25, -0.2) is 13.2 Å². The van der Waals surface area contributed by atoms with Gasteiger partial charge in [0.2, 0.25) is 0 Å². The van der Waals surface area contributed by atoms with Gasteiger partial charge in [0.15, 0.2) is 17.2 Å². The number of benzene rings is 3. The molecule has 1 heterocycles. The Labute approximate surface area is 263 Å². The maximum atomic E-state index is 13.6. The Hall–Kier alpha value is -4.36. The van der Waals surface area contributed by atoms with Crippen LogP contribution in [0.5, 0.6) is 34.5 Å². The second kappa shape index (κ2) is 15.1. The van der Waals surface area contributed by atoms with Crippen molar-refractivity contribution in [3.63, 3.8) is 0 Å². The van der Waals surface area contributed by atoms with E-state index < -0.39 is 10.0 Å². The average Bonchev–Trinajstić information content (AvgIpc) is 3.23. The van der Waals surface area contributed by atoms with Crippen LogP contribution in [0.25, 0.3) is 11.0 Å². The number of aliphatic hydroxyl groups excluding tert-OH is 1. The third-order valence-corrected chi connectivity index (χ3v) is 8.52. The molecule has 0 saturated carbocycles. The van der Waals surface area contributed by atoms with Gasteiger partial charge in [0.25, 0.3) is 10.0 Å². The molecule has 0 spiro atoms. The van der Waals surface area contributed by atoms with E-state index in [0.29, 0.717) is 47.2 Å². The fourth-order valence-corrected chi connectivity index (χ4v) is 5.83. The van der Waals surface area contributed by atoms with Crippen molar-refractivity contribution in [1.29, 1.82) is 0 Å². The summed E-state index contributed by atoms with van der Waals surface area (Å²) < 4.78 is 61.5. The van der Waals surface area contributed by atoms with Crippen molar-refractivity contribution in [1.82, 2.24) is 9.13 Å². The summed E-state index contributed by atoms with van der Waals surface area (Å²) >= 11 is 0. The number of fused-ring (bicyclic) bond motifs is 1. The first-order valence-electron chi connectivity index (χ1n) is 14.8. The van der Waals surface area contributed by atoms with Crippen molar-refractivity contribution < 1.29 is 37.2 Å². The molecule has 0 unspecified atom stereocenters. The number of aryl methyl sites for hydroxylation is 2. The van der Waals surface area contributed by atoms with Crippen molar-refractivity contribution in [3.05, 3.63) is 59.0 Å². The molecule has 4 aromatic rings. The van der Waals surface area contributed by atoms with Gasteiger partial charge in [-0.15, -0.1) is 0 Å². The van der Waals surface area contributed by atoms with Crippen molar-refractivity contribution >= 4 is 26.7 Å². The topological polar surface area (TPSA) is 139 Å². The number of ether oxygens (including phenoxy) is 5. The van der Waals surface area contributed by atoms with Crippen LogP contribution >= 0.6 is 0 Å². The number of unbranched alkanes of at least 4 members (excludes halogenated alkanes) is 3. The van der Waals surface area contributed by atoms with Crippen LogP contribution in [0.3, 0.4) is 0 Å². The molecule has 244 valence electrons. The molecule has 4 rings (SSSR count). The zero-order chi connectivity index (χ0) is 32.6. The number of nitrogens with zero attached hydrogens (tertiary/aromatic N) is 2. The summed E-state index contributed by atoms with van der Waals surface area (Å²) in [5.41, 5.74) is 0.889. The van der Waals surface area contributed by atoms with Crippen LogP contribution in [0, 0.1) is 0 Å². The average molecular weight is 644 g/mol.